The van der Waals surface area contributed by atoms with Crippen molar-refractivity contribution in [1.29, 1.82) is 0 Å². The average Bonchev–Trinajstić information content (AvgIpc) is 2.69. The number of nitrogens with zero attached hydrogens (tertiary/aromatic N) is 1. The molecular weight excluding hydrogens is 200 g/mol. The summed E-state index contributed by atoms with van der Waals surface area (Å²) in [6, 6.07) is 0.499. The molecule has 0 aromatic carbocycles. The largest absolute Gasteiger partial charge is 0.480 e. The first-order valence-corrected chi connectivity index (χ1v) is 4.59. The Hall–Kier alpha value is -1.85. The van der Waals surface area contributed by atoms with Crippen LogP contribution in [0.3, 0.4) is 0 Å². The van der Waals surface area contributed by atoms with E-state index in [9.17, 15) is 9.59 Å². The predicted molar refractivity (Wildman–Crippen MR) is 50.3 cm³/mol. The van der Waals surface area contributed by atoms with Gasteiger partial charge >= 0.3 is 5.97 Å². The molecule has 0 saturated carbocycles. The van der Waals surface area contributed by atoms with Gasteiger partial charge in [-0.1, -0.05) is 18.5 Å². The van der Waals surface area contributed by atoms with E-state index < -0.39 is 17.9 Å². The van der Waals surface area contributed by atoms with E-state index in [1.807, 2.05) is 6.92 Å². The van der Waals surface area contributed by atoms with E-state index in [2.05, 4.69) is 15.0 Å². The Morgan fingerprint density at radius 3 is 2.87 bits per heavy atom. The normalized spacial score (nSPS) is 12.1. The number of carboxylic acids is 1. The molecule has 1 amide bonds. The SMILES string of the molecule is CCC[C@@H](NC(=O)c1ccon1)C(=O)O. The van der Waals surface area contributed by atoms with Gasteiger partial charge in [0.1, 0.15) is 12.3 Å². The maximum atomic E-state index is 11.4. The summed E-state index contributed by atoms with van der Waals surface area (Å²) in [6.45, 7) is 1.85. The molecule has 1 heterocycles. The van der Waals surface area contributed by atoms with E-state index in [-0.39, 0.29) is 5.69 Å². The van der Waals surface area contributed by atoms with Gasteiger partial charge < -0.3 is 14.9 Å². The Kier molecular flexibility index (Phi) is 3.84. The lowest BCUT2D eigenvalue weighted by molar-refractivity contribution is -0.139. The predicted octanol–water partition coefficient (Wildman–Crippen LogP) is 0.658. The van der Waals surface area contributed by atoms with E-state index in [1.54, 1.807) is 0 Å². The van der Waals surface area contributed by atoms with Crippen LogP contribution >= 0.6 is 0 Å². The zero-order valence-electron chi connectivity index (χ0n) is 8.27. The molecule has 0 fully saturated rings. The van der Waals surface area contributed by atoms with Crippen LogP contribution in [0.5, 0.6) is 0 Å². The first kappa shape index (κ1) is 11.2. The summed E-state index contributed by atoms with van der Waals surface area (Å²) in [4.78, 5) is 22.1. The minimum absolute atomic E-state index is 0.0809. The number of hydrogen-bond donors (Lipinski definition) is 2. The minimum Gasteiger partial charge on any atom is -0.480 e. The Morgan fingerprint density at radius 2 is 2.40 bits per heavy atom. The van der Waals surface area contributed by atoms with E-state index in [4.69, 9.17) is 5.11 Å². The van der Waals surface area contributed by atoms with Crippen LogP contribution in [0.25, 0.3) is 0 Å². The molecule has 0 aliphatic carbocycles. The lowest BCUT2D eigenvalue weighted by Crippen LogP contribution is -2.40. The highest BCUT2D eigenvalue weighted by Crippen LogP contribution is 2.00. The molecule has 15 heavy (non-hydrogen) atoms. The second-order valence-corrected chi connectivity index (χ2v) is 3.04. The summed E-state index contributed by atoms with van der Waals surface area (Å²) >= 11 is 0. The first-order chi connectivity index (χ1) is 7.15. The van der Waals surface area contributed by atoms with Crippen LogP contribution in [0.15, 0.2) is 16.9 Å². The highest BCUT2D eigenvalue weighted by atomic mass is 16.5. The smallest absolute Gasteiger partial charge is 0.326 e. The molecule has 0 spiro atoms. The third-order valence-corrected chi connectivity index (χ3v) is 1.85. The molecule has 1 atom stereocenters. The number of rotatable bonds is 5. The highest BCUT2D eigenvalue weighted by Gasteiger charge is 2.20. The Morgan fingerprint density at radius 1 is 1.67 bits per heavy atom. The number of aliphatic carboxylic acids is 1. The second-order valence-electron chi connectivity index (χ2n) is 3.04. The molecule has 1 rings (SSSR count). The van der Waals surface area contributed by atoms with Gasteiger partial charge in [-0.2, -0.15) is 0 Å². The molecule has 82 valence electrons. The Bertz CT molecular complexity index is 334. The van der Waals surface area contributed by atoms with Gasteiger partial charge in [0.15, 0.2) is 5.69 Å². The third kappa shape index (κ3) is 3.08. The van der Waals surface area contributed by atoms with Crippen molar-refractivity contribution >= 4 is 11.9 Å². The van der Waals surface area contributed by atoms with Crippen LogP contribution in [0, 0.1) is 0 Å². The summed E-state index contributed by atoms with van der Waals surface area (Å²) in [6.07, 6.45) is 2.32. The number of carbonyl (C=O) groups excluding carboxylic acids is 1. The van der Waals surface area contributed by atoms with Gasteiger partial charge in [0.25, 0.3) is 5.91 Å². The fourth-order valence-corrected chi connectivity index (χ4v) is 1.11. The highest BCUT2D eigenvalue weighted by molar-refractivity contribution is 5.94. The Balaban J connectivity index is 2.59. The third-order valence-electron chi connectivity index (χ3n) is 1.85. The lowest BCUT2D eigenvalue weighted by atomic mass is 10.1. The zero-order valence-corrected chi connectivity index (χ0v) is 8.27. The number of aromatic nitrogens is 1. The van der Waals surface area contributed by atoms with E-state index in [1.165, 1.54) is 12.3 Å². The van der Waals surface area contributed by atoms with Crippen LogP contribution in [0.4, 0.5) is 0 Å². The van der Waals surface area contributed by atoms with Gasteiger partial charge in [-0.05, 0) is 6.42 Å². The zero-order chi connectivity index (χ0) is 11.3. The second kappa shape index (κ2) is 5.14. The topological polar surface area (TPSA) is 92.4 Å². The maximum absolute atomic E-state index is 11.4. The summed E-state index contributed by atoms with van der Waals surface area (Å²) < 4.78 is 4.48. The lowest BCUT2D eigenvalue weighted by Gasteiger charge is -2.11. The Labute approximate surface area is 86.3 Å². The molecular formula is C9H12N2O4. The first-order valence-electron chi connectivity index (χ1n) is 4.59. The maximum Gasteiger partial charge on any atom is 0.326 e. The molecule has 0 bridgehead atoms. The molecule has 0 aliphatic rings. The van der Waals surface area contributed by atoms with Gasteiger partial charge in [0.2, 0.25) is 0 Å². The van der Waals surface area contributed by atoms with E-state index in [0.29, 0.717) is 12.8 Å². The van der Waals surface area contributed by atoms with Crippen LogP contribution in [0.2, 0.25) is 0 Å². The van der Waals surface area contributed by atoms with Crippen molar-refractivity contribution in [2.24, 2.45) is 0 Å². The summed E-state index contributed by atoms with van der Waals surface area (Å²) in [5, 5.41) is 14.6. The monoisotopic (exact) mass is 212 g/mol. The van der Waals surface area contributed by atoms with Gasteiger partial charge in [-0.15, -0.1) is 0 Å². The minimum atomic E-state index is -1.05. The van der Waals surface area contributed by atoms with Crippen LogP contribution < -0.4 is 5.32 Å². The molecule has 1 aromatic rings. The van der Waals surface area contributed by atoms with Crippen molar-refractivity contribution in [3.05, 3.63) is 18.0 Å². The quantitative estimate of drug-likeness (QED) is 0.747. The van der Waals surface area contributed by atoms with Crippen molar-refractivity contribution in [2.75, 3.05) is 0 Å². The van der Waals surface area contributed by atoms with Crippen molar-refractivity contribution in [3.8, 4) is 0 Å². The molecule has 6 nitrogen and oxygen atoms in total. The molecule has 6 heteroatoms. The van der Waals surface area contributed by atoms with Crippen LogP contribution in [-0.2, 0) is 4.79 Å². The van der Waals surface area contributed by atoms with Crippen molar-refractivity contribution in [2.45, 2.75) is 25.8 Å². The fourth-order valence-electron chi connectivity index (χ4n) is 1.11. The molecule has 0 aliphatic heterocycles. The van der Waals surface area contributed by atoms with E-state index >= 15 is 0 Å². The summed E-state index contributed by atoms with van der Waals surface area (Å²) in [7, 11) is 0. The molecule has 1 aromatic heterocycles. The van der Waals surface area contributed by atoms with Crippen LogP contribution in [0.1, 0.15) is 30.3 Å². The number of nitrogens with one attached hydrogen (secondary N) is 1. The number of amides is 1. The van der Waals surface area contributed by atoms with Gasteiger partial charge in [-0.3, -0.25) is 4.79 Å². The number of hydrogen-bond acceptors (Lipinski definition) is 4. The van der Waals surface area contributed by atoms with Gasteiger partial charge in [0, 0.05) is 6.07 Å². The number of carbonyl (C=O) groups is 2. The molecule has 0 unspecified atom stereocenters. The average molecular weight is 212 g/mol. The van der Waals surface area contributed by atoms with Crippen molar-refractivity contribution in [1.82, 2.24) is 10.5 Å². The standard InChI is InChI=1S/C9H12N2O4/c1-2-3-7(9(13)14)10-8(12)6-4-5-15-11-6/h4-5,7H,2-3H2,1H3,(H,10,12)(H,13,14)/t7-/m1/s1. The summed E-state index contributed by atoms with van der Waals surface area (Å²) in [5.74, 6) is -1.58. The fraction of sp³-hybridized carbons (Fsp3) is 0.444. The number of carboxylic acid groups (broad SMARTS) is 1. The summed E-state index contributed by atoms with van der Waals surface area (Å²) in [5.41, 5.74) is 0.0809. The van der Waals surface area contributed by atoms with Crippen LogP contribution in [-0.4, -0.2) is 28.2 Å². The van der Waals surface area contributed by atoms with Crippen molar-refractivity contribution < 1.29 is 19.2 Å². The van der Waals surface area contributed by atoms with Gasteiger partial charge in [0.05, 0.1) is 0 Å². The van der Waals surface area contributed by atoms with Gasteiger partial charge in [-0.25, -0.2) is 4.79 Å². The molecule has 0 radical (unpaired) electrons. The van der Waals surface area contributed by atoms with Crippen molar-refractivity contribution in [3.63, 3.8) is 0 Å². The molecule has 0 saturated heterocycles. The van der Waals surface area contributed by atoms with E-state index in [0.717, 1.165) is 0 Å². The molecule has 2 N–H and O–H groups in total.